The second-order valence-corrected chi connectivity index (χ2v) is 4.61. The molecule has 1 atom stereocenters. The van der Waals surface area contributed by atoms with Gasteiger partial charge in [0.1, 0.15) is 0 Å². The van der Waals surface area contributed by atoms with Gasteiger partial charge in [0.05, 0.1) is 11.1 Å². The fraction of sp³-hybridized carbons (Fsp3) is 0.300. The zero-order valence-corrected chi connectivity index (χ0v) is 8.90. The van der Waals surface area contributed by atoms with Gasteiger partial charge in [0, 0.05) is 16.6 Å². The minimum Gasteiger partial charge on any atom is -0.198 e. The van der Waals surface area contributed by atoms with E-state index in [9.17, 15) is 0 Å². The molecule has 0 saturated carbocycles. The molecular weight excluding hydrogens is 202 g/mol. The molecule has 1 aromatic carbocycles. The smallest absolute Gasteiger partial charge is 0.0633 e. The molecule has 0 bridgehead atoms. The van der Waals surface area contributed by atoms with Gasteiger partial charge in [-0.2, -0.15) is 5.26 Å². The summed E-state index contributed by atoms with van der Waals surface area (Å²) in [5, 5.41) is 9.55. The maximum atomic E-state index is 8.49. The highest BCUT2D eigenvalue weighted by molar-refractivity contribution is 8.00. The third-order valence-electron chi connectivity index (χ3n) is 1.54. The second-order valence-electron chi connectivity index (χ2n) is 2.72. The average Bonchev–Trinajstić information content (AvgIpc) is 2.09. The van der Waals surface area contributed by atoms with Crippen LogP contribution in [0.5, 0.6) is 0 Å². The van der Waals surface area contributed by atoms with E-state index >= 15 is 0 Å². The molecule has 3 heteroatoms. The summed E-state index contributed by atoms with van der Waals surface area (Å²) in [5.74, 6) is 0. The van der Waals surface area contributed by atoms with Gasteiger partial charge in [0.25, 0.3) is 0 Å². The van der Waals surface area contributed by atoms with Crippen molar-refractivity contribution in [3.63, 3.8) is 0 Å². The maximum Gasteiger partial charge on any atom is 0.0633 e. The van der Waals surface area contributed by atoms with E-state index in [0.29, 0.717) is 11.7 Å². The minimum atomic E-state index is 0.296. The Labute approximate surface area is 87.7 Å². The first-order valence-corrected chi connectivity index (χ1v) is 5.28. The Hall–Kier alpha value is -0.650. The number of halogens is 1. The molecular formula is C10H10ClNS. The predicted molar refractivity (Wildman–Crippen MR) is 57.0 cm³/mol. The van der Waals surface area contributed by atoms with Gasteiger partial charge >= 0.3 is 0 Å². The van der Waals surface area contributed by atoms with Crippen LogP contribution in [0.2, 0.25) is 5.02 Å². The molecule has 0 aliphatic carbocycles. The summed E-state index contributed by atoms with van der Waals surface area (Å²) in [5.41, 5.74) is 0. The van der Waals surface area contributed by atoms with Crippen molar-refractivity contribution in [3.8, 4) is 6.07 Å². The van der Waals surface area contributed by atoms with Gasteiger partial charge in [-0.05, 0) is 12.1 Å². The lowest BCUT2D eigenvalue weighted by atomic mass is 10.4. The van der Waals surface area contributed by atoms with Gasteiger partial charge in [0.15, 0.2) is 0 Å². The van der Waals surface area contributed by atoms with Crippen LogP contribution in [-0.4, -0.2) is 5.25 Å². The minimum absolute atomic E-state index is 0.296. The Kier molecular flexibility index (Phi) is 4.14. The highest BCUT2D eigenvalue weighted by Gasteiger charge is 2.05. The van der Waals surface area contributed by atoms with Crippen LogP contribution < -0.4 is 0 Å². The summed E-state index contributed by atoms with van der Waals surface area (Å²) >= 11 is 7.61. The van der Waals surface area contributed by atoms with Gasteiger partial charge in [-0.15, -0.1) is 11.8 Å². The molecule has 0 aromatic heterocycles. The lowest BCUT2D eigenvalue weighted by Gasteiger charge is -2.07. The van der Waals surface area contributed by atoms with E-state index in [4.69, 9.17) is 16.9 Å². The lowest BCUT2D eigenvalue weighted by molar-refractivity contribution is 0.989. The van der Waals surface area contributed by atoms with Crippen molar-refractivity contribution in [2.75, 3.05) is 0 Å². The summed E-state index contributed by atoms with van der Waals surface area (Å²) in [4.78, 5) is 1.05. The Balaban J connectivity index is 2.64. The normalized spacial score (nSPS) is 12.1. The van der Waals surface area contributed by atoms with E-state index in [0.717, 1.165) is 9.92 Å². The number of hydrogen-bond acceptors (Lipinski definition) is 2. The number of rotatable bonds is 3. The van der Waals surface area contributed by atoms with Crippen LogP contribution in [0.1, 0.15) is 13.3 Å². The van der Waals surface area contributed by atoms with Gasteiger partial charge in [-0.25, -0.2) is 0 Å². The molecule has 0 saturated heterocycles. The third-order valence-corrected chi connectivity index (χ3v) is 3.16. The fourth-order valence-corrected chi connectivity index (χ4v) is 2.13. The summed E-state index contributed by atoms with van der Waals surface area (Å²) in [7, 11) is 0. The summed E-state index contributed by atoms with van der Waals surface area (Å²) < 4.78 is 0. The van der Waals surface area contributed by atoms with Crippen molar-refractivity contribution in [2.24, 2.45) is 0 Å². The van der Waals surface area contributed by atoms with Crippen molar-refractivity contribution in [1.29, 1.82) is 5.26 Å². The van der Waals surface area contributed by atoms with Gasteiger partial charge < -0.3 is 0 Å². The first-order chi connectivity index (χ1) is 6.24. The maximum absolute atomic E-state index is 8.49. The van der Waals surface area contributed by atoms with E-state index in [2.05, 4.69) is 6.07 Å². The molecule has 13 heavy (non-hydrogen) atoms. The summed E-state index contributed by atoms with van der Waals surface area (Å²) in [6, 6.07) is 9.84. The molecule has 1 aromatic rings. The van der Waals surface area contributed by atoms with Crippen LogP contribution in [0.3, 0.4) is 0 Å². The average molecular weight is 212 g/mol. The van der Waals surface area contributed by atoms with Crippen LogP contribution in [0.25, 0.3) is 0 Å². The standard InChI is InChI=1S/C10H10ClNS/c1-8(6-7-12)13-10-5-3-2-4-9(10)11/h2-5,8H,6H2,1H3. The van der Waals surface area contributed by atoms with Crippen LogP contribution in [0.4, 0.5) is 0 Å². The van der Waals surface area contributed by atoms with Crippen LogP contribution in [-0.2, 0) is 0 Å². The Morgan fingerprint density at radius 1 is 1.54 bits per heavy atom. The highest BCUT2D eigenvalue weighted by Crippen LogP contribution is 2.30. The quantitative estimate of drug-likeness (QED) is 0.712. The molecule has 1 rings (SSSR count). The van der Waals surface area contributed by atoms with Crippen LogP contribution >= 0.6 is 23.4 Å². The largest absolute Gasteiger partial charge is 0.198 e. The molecule has 68 valence electrons. The first-order valence-electron chi connectivity index (χ1n) is 4.02. The second kappa shape index (κ2) is 5.16. The molecule has 0 aliphatic heterocycles. The van der Waals surface area contributed by atoms with E-state index in [1.807, 2.05) is 31.2 Å². The molecule has 0 heterocycles. The van der Waals surface area contributed by atoms with Crippen molar-refractivity contribution in [3.05, 3.63) is 29.3 Å². The summed E-state index contributed by atoms with van der Waals surface area (Å²) in [6.07, 6.45) is 0.551. The van der Waals surface area contributed by atoms with Crippen molar-refractivity contribution in [2.45, 2.75) is 23.5 Å². The van der Waals surface area contributed by atoms with E-state index in [1.54, 1.807) is 11.8 Å². The number of nitriles is 1. The molecule has 0 spiro atoms. The van der Waals surface area contributed by atoms with Gasteiger partial charge in [-0.1, -0.05) is 30.7 Å². The predicted octanol–water partition coefficient (Wildman–Crippen LogP) is 3.73. The molecule has 0 amide bonds. The van der Waals surface area contributed by atoms with Crippen LogP contribution in [0, 0.1) is 11.3 Å². The van der Waals surface area contributed by atoms with E-state index in [-0.39, 0.29) is 0 Å². The molecule has 1 nitrogen and oxygen atoms in total. The number of hydrogen-bond donors (Lipinski definition) is 0. The van der Waals surface area contributed by atoms with Crippen LogP contribution in [0.15, 0.2) is 29.2 Å². The first kappa shape index (κ1) is 10.4. The number of nitrogens with zero attached hydrogens (tertiary/aromatic N) is 1. The van der Waals surface area contributed by atoms with Gasteiger partial charge in [0.2, 0.25) is 0 Å². The zero-order chi connectivity index (χ0) is 9.68. The van der Waals surface area contributed by atoms with Crippen molar-refractivity contribution < 1.29 is 0 Å². The molecule has 0 radical (unpaired) electrons. The van der Waals surface area contributed by atoms with E-state index < -0.39 is 0 Å². The van der Waals surface area contributed by atoms with Crippen molar-refractivity contribution >= 4 is 23.4 Å². The molecule has 0 fully saturated rings. The number of thioether (sulfide) groups is 1. The van der Waals surface area contributed by atoms with Crippen molar-refractivity contribution in [1.82, 2.24) is 0 Å². The molecule has 0 N–H and O–H groups in total. The summed E-state index contributed by atoms with van der Waals surface area (Å²) in [6.45, 7) is 2.03. The van der Waals surface area contributed by atoms with E-state index in [1.165, 1.54) is 0 Å². The number of benzene rings is 1. The Morgan fingerprint density at radius 3 is 2.85 bits per heavy atom. The Morgan fingerprint density at radius 2 is 2.23 bits per heavy atom. The molecule has 0 aliphatic rings. The topological polar surface area (TPSA) is 23.8 Å². The monoisotopic (exact) mass is 211 g/mol. The highest BCUT2D eigenvalue weighted by atomic mass is 35.5. The third kappa shape index (κ3) is 3.30. The molecule has 1 unspecified atom stereocenters. The lowest BCUT2D eigenvalue weighted by Crippen LogP contribution is -1.93. The SMILES string of the molecule is CC(CC#N)Sc1ccccc1Cl. The van der Waals surface area contributed by atoms with Gasteiger partial charge in [-0.3, -0.25) is 0 Å². The zero-order valence-electron chi connectivity index (χ0n) is 7.33. The Bertz CT molecular complexity index is 319. The fourth-order valence-electron chi connectivity index (χ4n) is 0.927.